The van der Waals surface area contributed by atoms with E-state index in [4.69, 9.17) is 0 Å². The summed E-state index contributed by atoms with van der Waals surface area (Å²) in [7, 11) is 1.80. The molecule has 0 unspecified atom stereocenters. The highest BCUT2D eigenvalue weighted by molar-refractivity contribution is 6.05. The number of pyridine rings is 1. The van der Waals surface area contributed by atoms with E-state index in [1.165, 1.54) is 0 Å². The van der Waals surface area contributed by atoms with Crippen LogP contribution in [-0.4, -0.2) is 18.1 Å². The summed E-state index contributed by atoms with van der Waals surface area (Å²) in [5.74, 6) is 0. The Morgan fingerprint density at radius 3 is 2.74 bits per heavy atom. The summed E-state index contributed by atoms with van der Waals surface area (Å²) in [6.07, 6.45) is 3.54. The van der Waals surface area contributed by atoms with Gasteiger partial charge in [-0.05, 0) is 24.6 Å². The number of hydrogen-bond acceptors (Lipinski definition) is 2. The lowest BCUT2D eigenvalue weighted by atomic mass is 10.1. The molecule has 0 saturated carbocycles. The average molecular weight is 253 g/mol. The number of amides is 2. The second-order valence-electron chi connectivity index (χ2n) is 4.72. The molecule has 0 radical (unpaired) electrons. The fourth-order valence-corrected chi connectivity index (χ4v) is 2.45. The first-order valence-corrected chi connectivity index (χ1v) is 6.22. The van der Waals surface area contributed by atoms with Gasteiger partial charge in [-0.1, -0.05) is 18.2 Å². The van der Waals surface area contributed by atoms with E-state index < -0.39 is 0 Å². The SMILES string of the molecule is Cc1ccccc1N1Cc2cnccc2N(C)C1=O. The van der Waals surface area contributed by atoms with Crippen LogP contribution in [0.25, 0.3) is 0 Å². The molecule has 1 aliphatic rings. The van der Waals surface area contributed by atoms with Crippen LogP contribution in [0.5, 0.6) is 0 Å². The van der Waals surface area contributed by atoms with Gasteiger partial charge in [-0.2, -0.15) is 0 Å². The molecule has 0 spiro atoms. The second-order valence-corrected chi connectivity index (χ2v) is 4.72. The van der Waals surface area contributed by atoms with Gasteiger partial charge in [-0.3, -0.25) is 14.8 Å². The number of nitrogens with zero attached hydrogens (tertiary/aromatic N) is 3. The van der Waals surface area contributed by atoms with Gasteiger partial charge in [0.05, 0.1) is 12.2 Å². The monoisotopic (exact) mass is 253 g/mol. The third kappa shape index (κ3) is 1.85. The number of rotatable bonds is 1. The van der Waals surface area contributed by atoms with Crippen LogP contribution >= 0.6 is 0 Å². The van der Waals surface area contributed by atoms with Crippen molar-refractivity contribution in [3.63, 3.8) is 0 Å². The Kier molecular flexibility index (Phi) is 2.71. The van der Waals surface area contributed by atoms with Crippen molar-refractivity contribution in [2.24, 2.45) is 0 Å². The van der Waals surface area contributed by atoms with Gasteiger partial charge in [0, 0.05) is 30.7 Å². The van der Waals surface area contributed by atoms with Crippen molar-refractivity contribution in [2.75, 3.05) is 16.8 Å². The molecule has 4 heteroatoms. The van der Waals surface area contributed by atoms with Crippen molar-refractivity contribution >= 4 is 17.4 Å². The summed E-state index contributed by atoms with van der Waals surface area (Å²) in [5.41, 5.74) is 4.04. The van der Waals surface area contributed by atoms with E-state index in [1.807, 2.05) is 43.5 Å². The van der Waals surface area contributed by atoms with Crippen molar-refractivity contribution in [1.29, 1.82) is 0 Å². The summed E-state index contributed by atoms with van der Waals surface area (Å²) in [5, 5.41) is 0. The maximum atomic E-state index is 12.5. The first-order chi connectivity index (χ1) is 9.18. The standard InChI is InChI=1S/C15H15N3O/c1-11-5-3-4-6-13(11)18-10-12-9-16-8-7-14(12)17(2)15(18)19/h3-9H,10H2,1-2H3. The van der Waals surface area contributed by atoms with Gasteiger partial charge in [0.15, 0.2) is 0 Å². The molecule has 96 valence electrons. The highest BCUT2D eigenvalue weighted by atomic mass is 16.2. The second kappa shape index (κ2) is 4.39. The maximum absolute atomic E-state index is 12.5. The number of hydrogen-bond donors (Lipinski definition) is 0. The van der Waals surface area contributed by atoms with Gasteiger partial charge < -0.3 is 0 Å². The molecule has 2 aromatic rings. The third-order valence-electron chi connectivity index (χ3n) is 3.49. The van der Waals surface area contributed by atoms with Crippen molar-refractivity contribution in [3.05, 3.63) is 53.9 Å². The van der Waals surface area contributed by atoms with Gasteiger partial charge >= 0.3 is 6.03 Å². The minimum absolute atomic E-state index is 0.00648. The van der Waals surface area contributed by atoms with E-state index in [9.17, 15) is 4.79 Å². The van der Waals surface area contributed by atoms with E-state index in [2.05, 4.69) is 4.98 Å². The molecule has 0 aliphatic carbocycles. The minimum atomic E-state index is -0.00648. The molecule has 19 heavy (non-hydrogen) atoms. The molecule has 4 nitrogen and oxygen atoms in total. The molecule has 1 aliphatic heterocycles. The summed E-state index contributed by atoms with van der Waals surface area (Å²) < 4.78 is 0. The number of fused-ring (bicyclic) bond motifs is 1. The molecule has 1 aromatic heterocycles. The minimum Gasteiger partial charge on any atom is -0.297 e. The van der Waals surface area contributed by atoms with Gasteiger partial charge in [0.1, 0.15) is 0 Å². The van der Waals surface area contributed by atoms with Gasteiger partial charge in [-0.15, -0.1) is 0 Å². The Labute approximate surface area is 112 Å². The highest BCUT2D eigenvalue weighted by Crippen LogP contribution is 2.31. The van der Waals surface area contributed by atoms with Crippen LogP contribution in [0.1, 0.15) is 11.1 Å². The first kappa shape index (κ1) is 11.7. The number of benzene rings is 1. The lowest BCUT2D eigenvalue weighted by molar-refractivity contribution is 0.251. The quantitative estimate of drug-likeness (QED) is 0.783. The molecular formula is C15H15N3O. The Balaban J connectivity index is 2.07. The first-order valence-electron chi connectivity index (χ1n) is 6.22. The van der Waals surface area contributed by atoms with Crippen molar-refractivity contribution in [3.8, 4) is 0 Å². The highest BCUT2D eigenvalue weighted by Gasteiger charge is 2.29. The Morgan fingerprint density at radius 1 is 1.16 bits per heavy atom. The van der Waals surface area contributed by atoms with Crippen LogP contribution in [-0.2, 0) is 6.54 Å². The van der Waals surface area contributed by atoms with E-state index in [-0.39, 0.29) is 6.03 Å². The van der Waals surface area contributed by atoms with Crippen LogP contribution in [0, 0.1) is 6.92 Å². The molecule has 0 bridgehead atoms. The van der Waals surface area contributed by atoms with Crippen LogP contribution in [0.3, 0.4) is 0 Å². The van der Waals surface area contributed by atoms with E-state index in [1.54, 1.807) is 23.0 Å². The van der Waals surface area contributed by atoms with E-state index in [0.29, 0.717) is 6.54 Å². The van der Waals surface area contributed by atoms with Crippen molar-refractivity contribution in [2.45, 2.75) is 13.5 Å². The molecule has 0 N–H and O–H groups in total. The van der Waals surface area contributed by atoms with Gasteiger partial charge in [0.25, 0.3) is 0 Å². The third-order valence-corrected chi connectivity index (χ3v) is 3.49. The number of aromatic nitrogens is 1. The summed E-state index contributed by atoms with van der Waals surface area (Å²) >= 11 is 0. The zero-order chi connectivity index (χ0) is 13.4. The summed E-state index contributed by atoms with van der Waals surface area (Å²) in [6, 6.07) is 9.79. The number of anilines is 2. The van der Waals surface area contributed by atoms with Gasteiger partial charge in [0.2, 0.25) is 0 Å². The lowest BCUT2D eigenvalue weighted by Gasteiger charge is -2.35. The molecule has 1 aromatic carbocycles. The average Bonchev–Trinajstić information content (AvgIpc) is 2.44. The number of aryl methyl sites for hydroxylation is 1. The van der Waals surface area contributed by atoms with Gasteiger partial charge in [-0.25, -0.2) is 4.79 Å². The number of carbonyl (C=O) groups excluding carboxylic acids is 1. The smallest absolute Gasteiger partial charge is 0.297 e. The zero-order valence-electron chi connectivity index (χ0n) is 11.0. The van der Waals surface area contributed by atoms with Crippen molar-refractivity contribution in [1.82, 2.24) is 4.98 Å². The fraction of sp³-hybridized carbons (Fsp3) is 0.200. The fourth-order valence-electron chi connectivity index (χ4n) is 2.45. The lowest BCUT2D eigenvalue weighted by Crippen LogP contribution is -2.45. The molecule has 0 atom stereocenters. The summed E-state index contributed by atoms with van der Waals surface area (Å²) in [4.78, 5) is 20.1. The van der Waals surface area contributed by atoms with E-state index >= 15 is 0 Å². The normalized spacial score (nSPS) is 14.5. The molecular weight excluding hydrogens is 238 g/mol. The Hall–Kier alpha value is -2.36. The number of urea groups is 1. The number of para-hydroxylation sites is 1. The Bertz CT molecular complexity index is 639. The Morgan fingerprint density at radius 2 is 1.95 bits per heavy atom. The topological polar surface area (TPSA) is 36.4 Å². The predicted octanol–water partition coefficient (Wildman–Crippen LogP) is 2.97. The zero-order valence-corrected chi connectivity index (χ0v) is 11.0. The van der Waals surface area contributed by atoms with Crippen LogP contribution in [0.2, 0.25) is 0 Å². The van der Waals surface area contributed by atoms with Crippen LogP contribution < -0.4 is 9.80 Å². The summed E-state index contributed by atoms with van der Waals surface area (Å²) in [6.45, 7) is 2.58. The van der Waals surface area contributed by atoms with Crippen LogP contribution in [0.15, 0.2) is 42.7 Å². The van der Waals surface area contributed by atoms with Crippen molar-refractivity contribution < 1.29 is 4.79 Å². The molecule has 2 heterocycles. The largest absolute Gasteiger partial charge is 0.329 e. The molecule has 0 saturated heterocycles. The molecule has 2 amide bonds. The van der Waals surface area contributed by atoms with Crippen LogP contribution in [0.4, 0.5) is 16.2 Å². The molecule has 3 rings (SSSR count). The van der Waals surface area contributed by atoms with E-state index in [0.717, 1.165) is 22.5 Å². The molecule has 0 fully saturated rings. The maximum Gasteiger partial charge on any atom is 0.329 e. The predicted molar refractivity (Wildman–Crippen MR) is 75.4 cm³/mol. The number of carbonyl (C=O) groups is 1.